The number of nitrogens with two attached hydrogens (primary N) is 1. The van der Waals surface area contributed by atoms with Crippen LogP contribution in [0.25, 0.3) is 0 Å². The van der Waals surface area contributed by atoms with Gasteiger partial charge in [-0.3, -0.25) is 0 Å². The van der Waals surface area contributed by atoms with Gasteiger partial charge in [0.15, 0.2) is 0 Å². The zero-order chi connectivity index (χ0) is 15.5. The highest BCUT2D eigenvalue weighted by Gasteiger charge is 2.30. The lowest BCUT2D eigenvalue weighted by atomic mass is 10.1. The summed E-state index contributed by atoms with van der Waals surface area (Å²) in [5.74, 6) is 0. The van der Waals surface area contributed by atoms with Gasteiger partial charge in [0.25, 0.3) is 0 Å². The molecule has 2 nitrogen and oxygen atoms in total. The molecule has 0 saturated carbocycles. The van der Waals surface area contributed by atoms with E-state index in [9.17, 15) is 13.2 Å². The molecule has 2 aromatic rings. The van der Waals surface area contributed by atoms with Crippen LogP contribution in [0.5, 0.6) is 0 Å². The molecule has 0 radical (unpaired) electrons. The molecule has 2 N–H and O–H groups in total. The van der Waals surface area contributed by atoms with Crippen molar-refractivity contribution in [1.82, 2.24) is 4.98 Å². The predicted molar refractivity (Wildman–Crippen MR) is 77.0 cm³/mol. The molecular weight excluding hydrogens is 297 g/mol. The smallest absolute Gasteiger partial charge is 0.324 e. The second-order valence-corrected chi connectivity index (χ2v) is 5.60. The minimum absolute atomic E-state index is 0.0943. The van der Waals surface area contributed by atoms with Crippen molar-refractivity contribution in [3.63, 3.8) is 0 Å². The van der Waals surface area contributed by atoms with Crippen LogP contribution in [-0.4, -0.2) is 4.98 Å². The summed E-state index contributed by atoms with van der Waals surface area (Å²) in [6.07, 6.45) is -2.72. The van der Waals surface area contributed by atoms with Gasteiger partial charge in [-0.15, -0.1) is 0 Å². The molecule has 1 aromatic carbocycles. The molecule has 0 spiro atoms. The Labute approximate surface area is 125 Å². The number of rotatable bonds is 4. The van der Waals surface area contributed by atoms with E-state index in [4.69, 9.17) is 5.73 Å². The molecule has 0 fully saturated rings. The third-order valence-corrected chi connectivity index (χ3v) is 4.08. The molecule has 6 heteroatoms. The normalized spacial score (nSPS) is 13.2. The number of nitrogens with zero attached hydrogens (tertiary/aromatic N) is 1. The van der Waals surface area contributed by atoms with E-state index in [1.165, 1.54) is 17.8 Å². The van der Waals surface area contributed by atoms with Crippen molar-refractivity contribution in [2.45, 2.75) is 35.5 Å². The molecule has 0 amide bonds. The maximum atomic E-state index is 12.5. The van der Waals surface area contributed by atoms with Crippen LogP contribution in [0.4, 0.5) is 13.2 Å². The molecule has 2 rings (SSSR count). The third kappa shape index (κ3) is 3.98. The Kier molecular flexibility index (Phi) is 4.90. The van der Waals surface area contributed by atoms with Crippen molar-refractivity contribution < 1.29 is 13.2 Å². The number of aromatic nitrogens is 1. The van der Waals surface area contributed by atoms with E-state index >= 15 is 0 Å². The molecule has 112 valence electrons. The standard InChI is InChI=1S/C15H15F3N2S/c1-2-12(19)11-5-3-4-6-13(11)21-14-8-7-10(9-20-14)15(16,17)18/h3-9,12H,2,19H2,1H3/t12-/m1/s1. The number of alkyl halides is 3. The fourth-order valence-electron chi connectivity index (χ4n) is 1.82. The van der Waals surface area contributed by atoms with E-state index in [1.54, 1.807) is 0 Å². The fourth-order valence-corrected chi connectivity index (χ4v) is 2.77. The van der Waals surface area contributed by atoms with Crippen molar-refractivity contribution in [3.8, 4) is 0 Å². The number of pyridine rings is 1. The minimum Gasteiger partial charge on any atom is -0.324 e. The summed E-state index contributed by atoms with van der Waals surface area (Å²) in [5.41, 5.74) is 6.28. The summed E-state index contributed by atoms with van der Waals surface area (Å²) >= 11 is 1.32. The summed E-state index contributed by atoms with van der Waals surface area (Å²) in [5, 5.41) is 0.513. The summed E-state index contributed by atoms with van der Waals surface area (Å²) in [6, 6.07) is 9.92. The number of hydrogen-bond acceptors (Lipinski definition) is 3. The quantitative estimate of drug-likeness (QED) is 0.892. The van der Waals surface area contributed by atoms with Crippen LogP contribution in [0, 0.1) is 0 Å². The lowest BCUT2D eigenvalue weighted by molar-refractivity contribution is -0.137. The molecule has 0 aliphatic heterocycles. The van der Waals surface area contributed by atoms with Gasteiger partial charge in [0.1, 0.15) is 5.03 Å². The molecule has 0 unspecified atom stereocenters. The Hall–Kier alpha value is -1.53. The van der Waals surface area contributed by atoms with E-state index < -0.39 is 11.7 Å². The minimum atomic E-state index is -4.36. The molecule has 1 atom stereocenters. The van der Waals surface area contributed by atoms with Crippen molar-refractivity contribution >= 4 is 11.8 Å². The van der Waals surface area contributed by atoms with E-state index in [0.717, 1.165) is 29.1 Å². The second kappa shape index (κ2) is 6.49. The Bertz CT molecular complexity index is 597. The van der Waals surface area contributed by atoms with Crippen molar-refractivity contribution in [3.05, 3.63) is 53.7 Å². The van der Waals surface area contributed by atoms with Crippen LogP contribution < -0.4 is 5.73 Å². The van der Waals surface area contributed by atoms with Crippen molar-refractivity contribution in [2.24, 2.45) is 5.73 Å². The molecule has 1 aromatic heterocycles. The average Bonchev–Trinajstić information content (AvgIpc) is 2.46. The second-order valence-electron chi connectivity index (χ2n) is 4.54. The van der Waals surface area contributed by atoms with E-state index in [-0.39, 0.29) is 6.04 Å². The number of hydrogen-bond donors (Lipinski definition) is 1. The Balaban J connectivity index is 2.23. The first-order valence-electron chi connectivity index (χ1n) is 6.47. The van der Waals surface area contributed by atoms with Crippen LogP contribution in [0.1, 0.15) is 30.5 Å². The SMILES string of the molecule is CC[C@@H](N)c1ccccc1Sc1ccc(C(F)(F)F)cn1. The largest absolute Gasteiger partial charge is 0.417 e. The summed E-state index contributed by atoms with van der Waals surface area (Å²) in [7, 11) is 0. The Morgan fingerprint density at radius 2 is 1.90 bits per heavy atom. The lowest BCUT2D eigenvalue weighted by Gasteiger charge is -2.14. The topological polar surface area (TPSA) is 38.9 Å². The van der Waals surface area contributed by atoms with Crippen LogP contribution in [0.2, 0.25) is 0 Å². The van der Waals surface area contributed by atoms with Gasteiger partial charge in [-0.05, 0) is 30.2 Å². The maximum absolute atomic E-state index is 12.5. The van der Waals surface area contributed by atoms with Gasteiger partial charge in [-0.25, -0.2) is 4.98 Å². The van der Waals surface area contributed by atoms with Gasteiger partial charge in [0.05, 0.1) is 5.56 Å². The number of halogens is 3. The Morgan fingerprint density at radius 3 is 2.48 bits per heavy atom. The maximum Gasteiger partial charge on any atom is 0.417 e. The summed E-state index contributed by atoms with van der Waals surface area (Å²) in [6.45, 7) is 1.99. The zero-order valence-electron chi connectivity index (χ0n) is 11.4. The van der Waals surface area contributed by atoms with Gasteiger partial charge in [0, 0.05) is 17.1 Å². The van der Waals surface area contributed by atoms with Crippen LogP contribution >= 0.6 is 11.8 Å². The zero-order valence-corrected chi connectivity index (χ0v) is 12.2. The molecule has 0 aliphatic rings. The van der Waals surface area contributed by atoms with Crippen molar-refractivity contribution in [1.29, 1.82) is 0 Å². The highest BCUT2D eigenvalue weighted by atomic mass is 32.2. The van der Waals surface area contributed by atoms with E-state index in [0.29, 0.717) is 5.03 Å². The first kappa shape index (κ1) is 15.9. The summed E-state index contributed by atoms with van der Waals surface area (Å²) < 4.78 is 37.5. The lowest BCUT2D eigenvalue weighted by Crippen LogP contribution is -2.09. The monoisotopic (exact) mass is 312 g/mol. The first-order chi connectivity index (χ1) is 9.91. The highest BCUT2D eigenvalue weighted by Crippen LogP contribution is 2.34. The molecule has 21 heavy (non-hydrogen) atoms. The molecule has 1 heterocycles. The van der Waals surface area contributed by atoms with Crippen LogP contribution in [-0.2, 0) is 6.18 Å². The fraction of sp³-hybridized carbons (Fsp3) is 0.267. The van der Waals surface area contributed by atoms with Gasteiger partial charge in [0.2, 0.25) is 0 Å². The molecule has 0 bridgehead atoms. The first-order valence-corrected chi connectivity index (χ1v) is 7.29. The summed E-state index contributed by atoms with van der Waals surface area (Å²) in [4.78, 5) is 4.78. The highest BCUT2D eigenvalue weighted by molar-refractivity contribution is 7.99. The number of benzene rings is 1. The molecular formula is C15H15F3N2S. The Morgan fingerprint density at radius 1 is 1.19 bits per heavy atom. The van der Waals surface area contributed by atoms with Gasteiger partial charge < -0.3 is 5.73 Å². The third-order valence-electron chi connectivity index (χ3n) is 3.04. The van der Waals surface area contributed by atoms with Gasteiger partial charge >= 0.3 is 6.18 Å². The molecule has 0 aliphatic carbocycles. The van der Waals surface area contributed by atoms with E-state index in [1.807, 2.05) is 31.2 Å². The molecule has 0 saturated heterocycles. The van der Waals surface area contributed by atoms with Crippen LogP contribution in [0.15, 0.2) is 52.5 Å². The van der Waals surface area contributed by atoms with E-state index in [2.05, 4.69) is 4.98 Å². The van der Waals surface area contributed by atoms with Crippen LogP contribution in [0.3, 0.4) is 0 Å². The predicted octanol–water partition coefficient (Wildman–Crippen LogP) is 4.66. The van der Waals surface area contributed by atoms with Crippen molar-refractivity contribution in [2.75, 3.05) is 0 Å². The van der Waals surface area contributed by atoms with Gasteiger partial charge in [-0.2, -0.15) is 13.2 Å². The average molecular weight is 312 g/mol. The van der Waals surface area contributed by atoms with Gasteiger partial charge in [-0.1, -0.05) is 36.9 Å².